The molecular formula is C24H30Cl3N3O5S. The summed E-state index contributed by atoms with van der Waals surface area (Å²) in [7, 11) is -2.43. The van der Waals surface area contributed by atoms with Gasteiger partial charge in [0.2, 0.25) is 21.8 Å². The fourth-order valence-corrected chi connectivity index (χ4v) is 5.07. The summed E-state index contributed by atoms with van der Waals surface area (Å²) in [6.45, 7) is 4.89. The standard InChI is InChI=1S/C24H30Cl3N3O5S/c1-6-21(24(32)28-15(2)3)29(13-16-7-9-17(35-4)10-8-16)23(31)14-30(36(5,33)34)22-12-19(26)18(25)11-20(22)27/h7-12,15,21H,6,13-14H2,1-5H3,(H,28,32)/t21-/m0/s1. The Morgan fingerprint density at radius 3 is 2.11 bits per heavy atom. The molecule has 36 heavy (non-hydrogen) atoms. The van der Waals surface area contributed by atoms with Crippen LogP contribution in [0.2, 0.25) is 15.1 Å². The van der Waals surface area contributed by atoms with E-state index in [1.807, 2.05) is 13.8 Å². The highest BCUT2D eigenvalue weighted by Gasteiger charge is 2.32. The maximum Gasteiger partial charge on any atom is 0.244 e. The molecule has 0 aliphatic rings. The molecule has 0 bridgehead atoms. The Balaban J connectivity index is 2.50. The van der Waals surface area contributed by atoms with Crippen LogP contribution in [0, 0.1) is 0 Å². The van der Waals surface area contributed by atoms with Crippen molar-refractivity contribution < 1.29 is 22.7 Å². The van der Waals surface area contributed by atoms with E-state index in [0.717, 1.165) is 16.1 Å². The van der Waals surface area contributed by atoms with Gasteiger partial charge in [0.15, 0.2) is 0 Å². The summed E-state index contributed by atoms with van der Waals surface area (Å²) in [4.78, 5) is 28.0. The third-order valence-electron chi connectivity index (χ3n) is 5.27. The third kappa shape index (κ3) is 7.90. The predicted molar refractivity (Wildman–Crippen MR) is 145 cm³/mol. The number of benzene rings is 2. The number of nitrogens with zero attached hydrogens (tertiary/aromatic N) is 2. The van der Waals surface area contributed by atoms with Crippen molar-refractivity contribution in [2.24, 2.45) is 0 Å². The lowest BCUT2D eigenvalue weighted by Gasteiger charge is -2.33. The van der Waals surface area contributed by atoms with Crippen LogP contribution in [-0.2, 0) is 26.2 Å². The molecule has 8 nitrogen and oxygen atoms in total. The van der Waals surface area contributed by atoms with E-state index in [0.29, 0.717) is 12.2 Å². The van der Waals surface area contributed by atoms with Gasteiger partial charge in [-0.3, -0.25) is 13.9 Å². The largest absolute Gasteiger partial charge is 0.497 e. The van der Waals surface area contributed by atoms with E-state index in [4.69, 9.17) is 39.5 Å². The van der Waals surface area contributed by atoms with Crippen molar-refractivity contribution >= 4 is 62.3 Å². The number of halogens is 3. The number of hydrogen-bond donors (Lipinski definition) is 1. The Hall–Kier alpha value is -2.20. The molecule has 198 valence electrons. The molecule has 0 unspecified atom stereocenters. The number of rotatable bonds is 11. The zero-order valence-electron chi connectivity index (χ0n) is 20.7. The summed E-state index contributed by atoms with van der Waals surface area (Å²) in [5.41, 5.74) is 0.740. The Morgan fingerprint density at radius 1 is 1.03 bits per heavy atom. The van der Waals surface area contributed by atoms with Crippen molar-refractivity contribution in [3.63, 3.8) is 0 Å². The maximum atomic E-state index is 13.7. The van der Waals surface area contributed by atoms with Gasteiger partial charge in [0.05, 0.1) is 34.1 Å². The van der Waals surface area contributed by atoms with Gasteiger partial charge in [0.25, 0.3) is 0 Å². The summed E-state index contributed by atoms with van der Waals surface area (Å²) in [6.07, 6.45) is 1.27. The van der Waals surface area contributed by atoms with Crippen molar-refractivity contribution in [3.8, 4) is 5.75 Å². The first-order valence-corrected chi connectivity index (χ1v) is 14.1. The molecule has 12 heteroatoms. The van der Waals surface area contributed by atoms with E-state index in [1.54, 1.807) is 38.3 Å². The lowest BCUT2D eigenvalue weighted by atomic mass is 10.1. The molecule has 0 saturated carbocycles. The van der Waals surface area contributed by atoms with E-state index in [9.17, 15) is 18.0 Å². The molecule has 2 aromatic rings. The summed E-state index contributed by atoms with van der Waals surface area (Å²) >= 11 is 18.4. The smallest absolute Gasteiger partial charge is 0.244 e. The summed E-state index contributed by atoms with van der Waals surface area (Å²) < 4.78 is 31.5. The fraction of sp³-hybridized carbons (Fsp3) is 0.417. The summed E-state index contributed by atoms with van der Waals surface area (Å²) in [5, 5.41) is 3.06. The normalized spacial score (nSPS) is 12.2. The van der Waals surface area contributed by atoms with E-state index >= 15 is 0 Å². The molecule has 0 radical (unpaired) electrons. The predicted octanol–water partition coefficient (Wildman–Crippen LogP) is 4.75. The molecule has 2 aromatic carbocycles. The van der Waals surface area contributed by atoms with Crippen molar-refractivity contribution in [1.29, 1.82) is 0 Å². The summed E-state index contributed by atoms with van der Waals surface area (Å²) in [6, 6.07) is 8.64. The average molecular weight is 579 g/mol. The third-order valence-corrected chi connectivity index (χ3v) is 7.42. The number of anilines is 1. The molecule has 0 spiro atoms. The monoisotopic (exact) mass is 577 g/mol. The van der Waals surface area contributed by atoms with E-state index in [2.05, 4.69) is 5.32 Å². The van der Waals surface area contributed by atoms with Crippen LogP contribution in [0.1, 0.15) is 32.8 Å². The first-order chi connectivity index (χ1) is 16.8. The number of hydrogen-bond acceptors (Lipinski definition) is 5. The molecule has 0 heterocycles. The van der Waals surface area contributed by atoms with Crippen LogP contribution in [0.4, 0.5) is 5.69 Å². The Kier molecular flexibility index (Phi) is 10.7. The van der Waals surface area contributed by atoms with Gasteiger partial charge in [-0.25, -0.2) is 8.42 Å². The lowest BCUT2D eigenvalue weighted by molar-refractivity contribution is -0.140. The molecule has 0 aliphatic carbocycles. The maximum absolute atomic E-state index is 13.7. The molecule has 0 saturated heterocycles. The van der Waals surface area contributed by atoms with E-state index < -0.39 is 28.5 Å². The SMILES string of the molecule is CC[C@@H](C(=O)NC(C)C)N(Cc1ccc(OC)cc1)C(=O)CN(c1cc(Cl)c(Cl)cc1Cl)S(C)(=O)=O. The molecule has 0 aromatic heterocycles. The molecule has 1 atom stereocenters. The number of carbonyl (C=O) groups excluding carboxylic acids is 2. The highest BCUT2D eigenvalue weighted by molar-refractivity contribution is 7.92. The quantitative estimate of drug-likeness (QED) is 0.388. The second-order valence-corrected chi connectivity index (χ2v) is 11.6. The number of carbonyl (C=O) groups is 2. The van der Waals surface area contributed by atoms with Gasteiger partial charge in [-0.15, -0.1) is 0 Å². The van der Waals surface area contributed by atoms with Gasteiger partial charge < -0.3 is 15.0 Å². The number of sulfonamides is 1. The van der Waals surface area contributed by atoms with E-state index in [-0.39, 0.29) is 39.2 Å². The Bertz CT molecular complexity index is 1190. The molecule has 2 amide bonds. The van der Waals surface area contributed by atoms with Crippen LogP contribution in [-0.4, -0.2) is 57.1 Å². The second-order valence-electron chi connectivity index (χ2n) is 8.44. The van der Waals surface area contributed by atoms with Gasteiger partial charge in [0.1, 0.15) is 18.3 Å². The average Bonchev–Trinajstić information content (AvgIpc) is 2.79. The molecular weight excluding hydrogens is 549 g/mol. The topological polar surface area (TPSA) is 96.0 Å². The van der Waals surface area contributed by atoms with Crippen LogP contribution in [0.5, 0.6) is 5.75 Å². The van der Waals surface area contributed by atoms with Crippen molar-refractivity contribution in [2.45, 2.75) is 45.8 Å². The summed E-state index contributed by atoms with van der Waals surface area (Å²) in [5.74, 6) is -0.296. The number of nitrogens with one attached hydrogen (secondary N) is 1. The zero-order chi connectivity index (χ0) is 27.2. The van der Waals surface area contributed by atoms with Crippen LogP contribution in [0.15, 0.2) is 36.4 Å². The molecule has 0 aliphatic heterocycles. The minimum atomic E-state index is -3.97. The highest BCUT2D eigenvalue weighted by atomic mass is 35.5. The van der Waals surface area contributed by atoms with Crippen LogP contribution < -0.4 is 14.4 Å². The van der Waals surface area contributed by atoms with Gasteiger partial charge in [-0.1, -0.05) is 53.9 Å². The van der Waals surface area contributed by atoms with Gasteiger partial charge in [-0.05, 0) is 50.1 Å². The van der Waals surface area contributed by atoms with Crippen LogP contribution in [0.25, 0.3) is 0 Å². The number of methoxy groups -OCH3 is 1. The van der Waals surface area contributed by atoms with Crippen LogP contribution in [0.3, 0.4) is 0 Å². The van der Waals surface area contributed by atoms with Crippen LogP contribution >= 0.6 is 34.8 Å². The fourth-order valence-electron chi connectivity index (χ4n) is 3.53. The second kappa shape index (κ2) is 12.9. The van der Waals surface area contributed by atoms with Crippen molar-refractivity contribution in [3.05, 3.63) is 57.0 Å². The minimum absolute atomic E-state index is 0.00555. The Morgan fingerprint density at radius 2 is 1.61 bits per heavy atom. The van der Waals surface area contributed by atoms with Crippen molar-refractivity contribution in [1.82, 2.24) is 10.2 Å². The van der Waals surface area contributed by atoms with Gasteiger partial charge >= 0.3 is 0 Å². The minimum Gasteiger partial charge on any atom is -0.497 e. The van der Waals surface area contributed by atoms with Gasteiger partial charge in [0, 0.05) is 12.6 Å². The highest BCUT2D eigenvalue weighted by Crippen LogP contribution is 2.35. The Labute approximate surface area is 227 Å². The van der Waals surface area contributed by atoms with E-state index in [1.165, 1.54) is 17.0 Å². The lowest BCUT2D eigenvalue weighted by Crippen LogP contribution is -2.53. The zero-order valence-corrected chi connectivity index (χ0v) is 23.8. The molecule has 2 rings (SSSR count). The first-order valence-electron chi connectivity index (χ1n) is 11.1. The molecule has 1 N–H and O–H groups in total. The van der Waals surface area contributed by atoms with Gasteiger partial charge in [-0.2, -0.15) is 0 Å². The first kappa shape index (κ1) is 30.0. The number of amides is 2. The van der Waals surface area contributed by atoms with Crippen molar-refractivity contribution in [2.75, 3.05) is 24.2 Å². The molecule has 0 fully saturated rings. The number of ether oxygens (including phenoxy) is 1.